The van der Waals surface area contributed by atoms with E-state index in [2.05, 4.69) is 49.4 Å². The zero-order valence-corrected chi connectivity index (χ0v) is 15.5. The molecule has 6 heteroatoms. The minimum absolute atomic E-state index is 0.643. The Morgan fingerprint density at radius 1 is 1.16 bits per heavy atom. The summed E-state index contributed by atoms with van der Waals surface area (Å²) in [6, 6.07) is 0.643. The first-order valence-electron chi connectivity index (χ1n) is 9.68. The number of imidazole rings is 2. The number of aromatic nitrogens is 4. The van der Waals surface area contributed by atoms with Crippen molar-refractivity contribution in [3.05, 3.63) is 35.9 Å². The van der Waals surface area contributed by atoms with Gasteiger partial charge in [0.1, 0.15) is 5.82 Å². The van der Waals surface area contributed by atoms with Gasteiger partial charge < -0.3 is 9.55 Å². The van der Waals surface area contributed by atoms with Crippen LogP contribution in [0.15, 0.2) is 18.7 Å². The van der Waals surface area contributed by atoms with Gasteiger partial charge in [-0.2, -0.15) is 0 Å². The number of nitrogens with zero attached hydrogens (tertiary/aromatic N) is 5. The number of hydrogen-bond acceptors (Lipinski definition) is 4. The van der Waals surface area contributed by atoms with Gasteiger partial charge in [-0.15, -0.1) is 0 Å². The van der Waals surface area contributed by atoms with E-state index in [9.17, 15) is 0 Å². The smallest absolute Gasteiger partial charge is 0.122 e. The first-order chi connectivity index (χ1) is 12.2. The lowest BCUT2D eigenvalue weighted by molar-refractivity contribution is 0.118. The molecule has 2 aromatic rings. The maximum Gasteiger partial charge on any atom is 0.122 e. The minimum Gasteiger partial charge on any atom is -0.348 e. The summed E-state index contributed by atoms with van der Waals surface area (Å²) in [5.74, 6) is 2.00. The molecule has 0 radical (unpaired) electrons. The van der Waals surface area contributed by atoms with Crippen molar-refractivity contribution in [3.63, 3.8) is 0 Å². The number of hydrogen-bond donors (Lipinski definition) is 1. The maximum atomic E-state index is 4.63. The molecule has 5 heterocycles. The third-order valence-electron chi connectivity index (χ3n) is 5.82. The van der Waals surface area contributed by atoms with E-state index in [0.717, 1.165) is 38.5 Å². The van der Waals surface area contributed by atoms with Crippen LogP contribution in [0.5, 0.6) is 0 Å². The van der Waals surface area contributed by atoms with Gasteiger partial charge in [0.2, 0.25) is 0 Å². The van der Waals surface area contributed by atoms with E-state index < -0.39 is 0 Å². The van der Waals surface area contributed by atoms with Gasteiger partial charge in [-0.05, 0) is 32.1 Å². The number of fused-ring (bicyclic) bond motifs is 4. The Hall–Kier alpha value is -1.66. The Bertz CT molecular complexity index is 690. The van der Waals surface area contributed by atoms with Crippen molar-refractivity contribution in [1.82, 2.24) is 29.3 Å². The number of piperidine rings is 1. The molecule has 6 nitrogen and oxygen atoms in total. The van der Waals surface area contributed by atoms with Crippen LogP contribution in [-0.2, 0) is 19.6 Å². The third-order valence-corrected chi connectivity index (χ3v) is 5.82. The molecule has 136 valence electrons. The molecule has 1 N–H and O–H groups in total. The summed E-state index contributed by atoms with van der Waals surface area (Å²) in [5.41, 5.74) is 2.40. The topological polar surface area (TPSA) is 53.0 Å². The summed E-state index contributed by atoms with van der Waals surface area (Å²) >= 11 is 0. The average molecular weight is 342 g/mol. The quantitative estimate of drug-likeness (QED) is 0.876. The van der Waals surface area contributed by atoms with Gasteiger partial charge >= 0.3 is 0 Å². The van der Waals surface area contributed by atoms with E-state index in [-0.39, 0.29) is 0 Å². The monoisotopic (exact) mass is 342 g/mol. The van der Waals surface area contributed by atoms with Crippen molar-refractivity contribution in [2.45, 2.75) is 58.8 Å². The second kappa shape index (κ2) is 7.30. The number of H-pyrrole nitrogens is 1. The first kappa shape index (κ1) is 16.8. The number of nitrogens with one attached hydrogen (secondary N) is 1. The van der Waals surface area contributed by atoms with Crippen LogP contribution < -0.4 is 0 Å². The second-order valence-electron chi connectivity index (χ2n) is 7.73. The molecule has 25 heavy (non-hydrogen) atoms. The van der Waals surface area contributed by atoms with Crippen LogP contribution in [0.4, 0.5) is 0 Å². The van der Waals surface area contributed by atoms with Gasteiger partial charge in [0.05, 0.1) is 18.6 Å². The lowest BCUT2D eigenvalue weighted by atomic mass is 9.95. The molecular weight excluding hydrogens is 312 g/mol. The third kappa shape index (κ3) is 3.65. The van der Waals surface area contributed by atoms with Crippen LogP contribution in [0.1, 0.15) is 43.4 Å². The van der Waals surface area contributed by atoms with Gasteiger partial charge in [0.15, 0.2) is 0 Å². The molecule has 0 unspecified atom stereocenters. The molecule has 0 saturated carbocycles. The molecule has 3 aliphatic rings. The van der Waals surface area contributed by atoms with Crippen LogP contribution in [-0.4, -0.2) is 55.0 Å². The highest BCUT2D eigenvalue weighted by molar-refractivity contribution is 5.09. The molecule has 0 aliphatic carbocycles. The van der Waals surface area contributed by atoms with Gasteiger partial charge in [0.25, 0.3) is 0 Å². The van der Waals surface area contributed by atoms with Crippen molar-refractivity contribution in [2.75, 3.05) is 19.6 Å². The summed E-state index contributed by atoms with van der Waals surface area (Å²) in [6.07, 6.45) is 9.73. The fourth-order valence-electron chi connectivity index (χ4n) is 4.48. The fourth-order valence-corrected chi connectivity index (χ4v) is 4.48. The van der Waals surface area contributed by atoms with Crippen molar-refractivity contribution < 1.29 is 0 Å². The second-order valence-corrected chi connectivity index (χ2v) is 7.73. The van der Waals surface area contributed by atoms with E-state index in [0.29, 0.717) is 6.04 Å². The molecule has 0 amide bonds. The van der Waals surface area contributed by atoms with Gasteiger partial charge in [-0.25, -0.2) is 9.97 Å². The zero-order valence-electron chi connectivity index (χ0n) is 15.5. The van der Waals surface area contributed by atoms with E-state index >= 15 is 0 Å². The van der Waals surface area contributed by atoms with E-state index in [1.165, 1.54) is 43.1 Å². The predicted octanol–water partition coefficient (Wildman–Crippen LogP) is 2.42. The molecule has 3 aliphatic heterocycles. The molecular formula is C19H30N6. The van der Waals surface area contributed by atoms with E-state index in [4.69, 9.17) is 0 Å². The van der Waals surface area contributed by atoms with Gasteiger partial charge in [-0.3, -0.25) is 9.80 Å². The van der Waals surface area contributed by atoms with Crippen molar-refractivity contribution >= 4 is 0 Å². The van der Waals surface area contributed by atoms with Gasteiger partial charge in [-0.1, -0.05) is 6.92 Å². The van der Waals surface area contributed by atoms with Crippen LogP contribution >= 0.6 is 0 Å². The highest BCUT2D eigenvalue weighted by atomic mass is 15.3. The molecule has 3 saturated heterocycles. The van der Waals surface area contributed by atoms with Crippen molar-refractivity contribution in [1.29, 1.82) is 0 Å². The number of aryl methyl sites for hydroxylation is 2. The summed E-state index contributed by atoms with van der Waals surface area (Å²) in [7, 11) is 0. The number of aromatic amines is 1. The Balaban J connectivity index is 1.44. The van der Waals surface area contributed by atoms with Crippen LogP contribution in [0.3, 0.4) is 0 Å². The molecule has 3 fully saturated rings. The van der Waals surface area contributed by atoms with E-state index in [1.54, 1.807) is 0 Å². The largest absolute Gasteiger partial charge is 0.348 e. The summed E-state index contributed by atoms with van der Waals surface area (Å²) in [5, 5.41) is 0. The first-order valence-corrected chi connectivity index (χ1v) is 9.68. The fraction of sp³-hybridized carbons (Fsp3) is 0.684. The van der Waals surface area contributed by atoms with Crippen molar-refractivity contribution in [2.24, 2.45) is 5.92 Å². The van der Waals surface area contributed by atoms with Crippen molar-refractivity contribution in [3.8, 4) is 0 Å². The van der Waals surface area contributed by atoms with Gasteiger partial charge in [0, 0.05) is 56.9 Å². The molecule has 2 bridgehead atoms. The average Bonchev–Trinajstić information content (AvgIpc) is 3.09. The Labute approximate surface area is 150 Å². The summed E-state index contributed by atoms with van der Waals surface area (Å²) < 4.78 is 2.32. The molecule has 2 atom stereocenters. The standard InChI is InChI=1S/C19H30N6/c1-3-7-24-8-6-20-19(24)13-25-10-16-4-5-17(25)11-23(9-16)12-18-15(2)21-14-22-18/h6,8,14,16-17H,3-5,7,9-13H2,1-2H3,(H,21,22)/t16-,17+/m0/s1. The normalized spacial score (nSPS) is 24.7. The zero-order chi connectivity index (χ0) is 17.2. The maximum absolute atomic E-state index is 4.63. The molecule has 0 spiro atoms. The van der Waals surface area contributed by atoms with E-state index in [1.807, 2.05) is 12.5 Å². The minimum atomic E-state index is 0.643. The Kier molecular flexibility index (Phi) is 4.90. The molecule has 5 rings (SSSR count). The molecule has 2 aromatic heterocycles. The Morgan fingerprint density at radius 3 is 2.88 bits per heavy atom. The SMILES string of the molecule is CCCn1ccnc1CN1C[C@H]2CC[C@@H]1CN(Cc1nc[nH]c1C)C2. The summed E-state index contributed by atoms with van der Waals surface area (Å²) in [6.45, 7) is 10.9. The van der Waals surface area contributed by atoms with Crippen LogP contribution in [0, 0.1) is 12.8 Å². The lowest BCUT2D eigenvalue weighted by Gasteiger charge is -2.36. The van der Waals surface area contributed by atoms with Crippen LogP contribution in [0.2, 0.25) is 0 Å². The highest BCUT2D eigenvalue weighted by Gasteiger charge is 2.35. The highest BCUT2D eigenvalue weighted by Crippen LogP contribution is 2.29. The Morgan fingerprint density at radius 2 is 2.08 bits per heavy atom. The number of rotatable bonds is 6. The lowest BCUT2D eigenvalue weighted by Crippen LogP contribution is -2.43. The summed E-state index contributed by atoms with van der Waals surface area (Å²) in [4.78, 5) is 17.6. The predicted molar refractivity (Wildman–Crippen MR) is 98.0 cm³/mol. The molecule has 0 aromatic carbocycles. The van der Waals surface area contributed by atoms with Crippen LogP contribution in [0.25, 0.3) is 0 Å².